The Bertz CT molecular complexity index is 1390. The molecule has 1 aromatic heterocycles. The topological polar surface area (TPSA) is 70.7 Å². The molecule has 0 bridgehead atoms. The molecule has 1 amide bonds. The minimum absolute atomic E-state index is 0.0436. The number of carbonyl (C=O) groups is 1. The Hall–Kier alpha value is -3.01. The van der Waals surface area contributed by atoms with E-state index in [1.165, 1.54) is 0 Å². The van der Waals surface area contributed by atoms with Crippen molar-refractivity contribution in [1.82, 2.24) is 15.1 Å². The zero-order chi connectivity index (χ0) is 24.2. The number of carbonyl (C=O) groups excluding carboxylic acids is 1. The fourth-order valence-electron chi connectivity index (χ4n) is 3.53. The number of aromatic nitrogens is 2. The Morgan fingerprint density at radius 2 is 1.53 bits per heavy atom. The molecule has 3 aromatic carbocycles. The summed E-state index contributed by atoms with van der Waals surface area (Å²) in [6, 6.07) is 21.5. The fraction of sp³-hybridized carbons (Fsp3) is 0.0800. The number of para-hydroxylation sites is 1. The molecule has 4 rings (SSSR count). The molecule has 0 saturated heterocycles. The van der Waals surface area contributed by atoms with Crippen molar-refractivity contribution < 1.29 is 4.79 Å². The highest BCUT2D eigenvalue weighted by Crippen LogP contribution is 2.33. The fourth-order valence-corrected chi connectivity index (χ4v) is 4.41. The van der Waals surface area contributed by atoms with E-state index in [0.29, 0.717) is 42.6 Å². The number of hydrogen-bond acceptors (Lipinski definition) is 3. The van der Waals surface area contributed by atoms with Gasteiger partial charge in [-0.15, -0.1) is 0 Å². The molecular weight excluding hydrogens is 514 g/mol. The second kappa shape index (κ2) is 10.5. The van der Waals surface area contributed by atoms with E-state index in [-0.39, 0.29) is 18.7 Å². The first-order valence-corrected chi connectivity index (χ1v) is 11.6. The SMILES string of the molecule is N#CCc1c(C(=O)NCc2c(Cl)cccc2Cl)nn(-c2ccccc2Cl)c1-c1ccc(Cl)cc1. The zero-order valence-electron chi connectivity index (χ0n) is 17.5. The summed E-state index contributed by atoms with van der Waals surface area (Å²) in [5.74, 6) is -0.470. The summed E-state index contributed by atoms with van der Waals surface area (Å²) < 4.78 is 1.58. The Balaban J connectivity index is 1.83. The molecule has 0 aliphatic rings. The van der Waals surface area contributed by atoms with Gasteiger partial charge in [0, 0.05) is 38.3 Å². The lowest BCUT2D eigenvalue weighted by molar-refractivity contribution is 0.0944. The lowest BCUT2D eigenvalue weighted by atomic mass is 10.0. The van der Waals surface area contributed by atoms with E-state index in [1.807, 2.05) is 6.07 Å². The summed E-state index contributed by atoms with van der Waals surface area (Å²) in [7, 11) is 0. The predicted molar refractivity (Wildman–Crippen MR) is 136 cm³/mol. The maximum atomic E-state index is 13.3. The molecule has 1 N–H and O–H groups in total. The van der Waals surface area contributed by atoms with Crippen LogP contribution in [0.15, 0.2) is 66.7 Å². The lowest BCUT2D eigenvalue weighted by Crippen LogP contribution is -2.24. The largest absolute Gasteiger partial charge is 0.346 e. The molecule has 4 aromatic rings. The number of nitrogens with one attached hydrogen (secondary N) is 1. The number of rotatable bonds is 6. The smallest absolute Gasteiger partial charge is 0.272 e. The van der Waals surface area contributed by atoms with Crippen molar-refractivity contribution in [2.75, 3.05) is 0 Å². The maximum absolute atomic E-state index is 13.3. The van der Waals surface area contributed by atoms with Crippen molar-refractivity contribution in [3.05, 3.63) is 104 Å². The Morgan fingerprint density at radius 3 is 2.18 bits per heavy atom. The molecule has 0 aliphatic heterocycles. The van der Waals surface area contributed by atoms with Gasteiger partial charge in [-0.2, -0.15) is 10.4 Å². The van der Waals surface area contributed by atoms with Gasteiger partial charge < -0.3 is 5.32 Å². The van der Waals surface area contributed by atoms with Crippen LogP contribution in [-0.2, 0) is 13.0 Å². The van der Waals surface area contributed by atoms with Crippen LogP contribution < -0.4 is 5.32 Å². The standard InChI is InChI=1S/C25H16Cl4N4O/c26-16-10-8-15(9-11-16)24-17(12-13-30)23(32-33(24)22-7-2-1-4-21(22)29)25(34)31-14-18-19(27)5-3-6-20(18)28/h1-11H,12,14H2,(H,31,34). The number of nitriles is 1. The Morgan fingerprint density at radius 1 is 0.882 bits per heavy atom. The van der Waals surface area contributed by atoms with Crippen LogP contribution in [0.1, 0.15) is 21.6 Å². The van der Waals surface area contributed by atoms with E-state index >= 15 is 0 Å². The van der Waals surface area contributed by atoms with E-state index in [4.69, 9.17) is 46.4 Å². The average Bonchev–Trinajstić information content (AvgIpc) is 3.19. The summed E-state index contributed by atoms with van der Waals surface area (Å²) in [5.41, 5.74) is 3.04. The molecule has 9 heteroatoms. The lowest BCUT2D eigenvalue weighted by Gasteiger charge is -2.11. The van der Waals surface area contributed by atoms with Crippen LogP contribution in [0, 0.1) is 11.3 Å². The third-order valence-corrected chi connectivity index (χ3v) is 6.42. The second-order valence-electron chi connectivity index (χ2n) is 7.26. The maximum Gasteiger partial charge on any atom is 0.272 e. The van der Waals surface area contributed by atoms with Gasteiger partial charge in [-0.05, 0) is 36.4 Å². The van der Waals surface area contributed by atoms with Crippen LogP contribution in [0.3, 0.4) is 0 Å². The summed E-state index contributed by atoms with van der Waals surface area (Å²) in [6.07, 6.45) is -0.0436. The average molecular weight is 530 g/mol. The van der Waals surface area contributed by atoms with Crippen LogP contribution in [0.5, 0.6) is 0 Å². The van der Waals surface area contributed by atoms with Crippen molar-refractivity contribution >= 4 is 52.3 Å². The van der Waals surface area contributed by atoms with E-state index in [0.717, 1.165) is 5.56 Å². The number of halogens is 4. The molecule has 0 aliphatic carbocycles. The summed E-state index contributed by atoms with van der Waals surface area (Å²) in [5, 5.41) is 18.8. The molecule has 0 atom stereocenters. The highest BCUT2D eigenvalue weighted by Gasteiger charge is 2.25. The highest BCUT2D eigenvalue weighted by molar-refractivity contribution is 6.36. The molecule has 0 saturated carbocycles. The minimum atomic E-state index is -0.470. The Kier molecular flexibility index (Phi) is 7.45. The monoisotopic (exact) mass is 528 g/mol. The second-order valence-corrected chi connectivity index (χ2v) is 8.92. The minimum Gasteiger partial charge on any atom is -0.346 e. The first kappa shape index (κ1) is 24.1. The van der Waals surface area contributed by atoms with Crippen molar-refractivity contribution in [2.45, 2.75) is 13.0 Å². The molecule has 5 nitrogen and oxygen atoms in total. The first-order chi connectivity index (χ1) is 16.4. The summed E-state index contributed by atoms with van der Waals surface area (Å²) in [4.78, 5) is 13.3. The van der Waals surface area contributed by atoms with Crippen molar-refractivity contribution in [2.24, 2.45) is 0 Å². The van der Waals surface area contributed by atoms with Gasteiger partial charge in [0.05, 0.1) is 28.9 Å². The van der Waals surface area contributed by atoms with Gasteiger partial charge in [0.1, 0.15) is 0 Å². The van der Waals surface area contributed by atoms with E-state index in [9.17, 15) is 10.1 Å². The van der Waals surface area contributed by atoms with Gasteiger partial charge in [0.25, 0.3) is 5.91 Å². The highest BCUT2D eigenvalue weighted by atomic mass is 35.5. The van der Waals surface area contributed by atoms with Gasteiger partial charge in [-0.1, -0.05) is 76.7 Å². The van der Waals surface area contributed by atoms with Crippen molar-refractivity contribution in [1.29, 1.82) is 5.26 Å². The summed E-state index contributed by atoms with van der Waals surface area (Å²) >= 11 is 25.0. The van der Waals surface area contributed by atoms with Crippen LogP contribution >= 0.6 is 46.4 Å². The van der Waals surface area contributed by atoms with Crippen LogP contribution in [-0.4, -0.2) is 15.7 Å². The predicted octanol–water partition coefficient (Wildman–Crippen LogP) is 7.15. The van der Waals surface area contributed by atoms with Gasteiger partial charge in [0.15, 0.2) is 5.69 Å². The third kappa shape index (κ3) is 4.91. The molecule has 0 radical (unpaired) electrons. The molecule has 170 valence electrons. The molecular formula is C25H16Cl4N4O. The number of benzene rings is 3. The van der Waals surface area contributed by atoms with Crippen molar-refractivity contribution in [3.8, 4) is 23.0 Å². The molecule has 0 fully saturated rings. The van der Waals surface area contributed by atoms with Crippen molar-refractivity contribution in [3.63, 3.8) is 0 Å². The molecule has 0 unspecified atom stereocenters. The van der Waals surface area contributed by atoms with Gasteiger partial charge in [-0.3, -0.25) is 4.79 Å². The van der Waals surface area contributed by atoms with E-state index in [1.54, 1.807) is 65.3 Å². The normalized spacial score (nSPS) is 10.7. The number of amides is 1. The first-order valence-electron chi connectivity index (χ1n) is 10.1. The van der Waals surface area contributed by atoms with E-state index < -0.39 is 5.91 Å². The van der Waals surface area contributed by atoms with Crippen LogP contribution in [0.25, 0.3) is 16.9 Å². The van der Waals surface area contributed by atoms with E-state index in [2.05, 4.69) is 16.5 Å². The third-order valence-electron chi connectivity index (χ3n) is 5.14. The summed E-state index contributed by atoms with van der Waals surface area (Å²) in [6.45, 7) is 0.0958. The number of hydrogen-bond donors (Lipinski definition) is 1. The molecule has 0 spiro atoms. The quantitative estimate of drug-likeness (QED) is 0.288. The molecule has 1 heterocycles. The number of nitrogens with zero attached hydrogens (tertiary/aromatic N) is 3. The van der Waals surface area contributed by atoms with Crippen LogP contribution in [0.4, 0.5) is 0 Å². The van der Waals surface area contributed by atoms with Gasteiger partial charge in [-0.25, -0.2) is 4.68 Å². The molecule has 34 heavy (non-hydrogen) atoms. The zero-order valence-corrected chi connectivity index (χ0v) is 20.6. The van der Waals surface area contributed by atoms with Crippen LogP contribution in [0.2, 0.25) is 20.1 Å². The van der Waals surface area contributed by atoms with Gasteiger partial charge in [0.2, 0.25) is 0 Å². The van der Waals surface area contributed by atoms with Gasteiger partial charge >= 0.3 is 0 Å². The Labute approximate surface area is 216 Å².